The lowest BCUT2D eigenvalue weighted by Crippen LogP contribution is -2.40. The van der Waals surface area contributed by atoms with Crippen LogP contribution in [0.25, 0.3) is 0 Å². The van der Waals surface area contributed by atoms with Gasteiger partial charge in [-0.2, -0.15) is 0 Å². The first-order valence-electron chi connectivity index (χ1n) is 10.4. The molecule has 1 aliphatic rings. The van der Waals surface area contributed by atoms with Crippen molar-refractivity contribution < 1.29 is 9.18 Å². The Bertz CT molecular complexity index is 888. The molecule has 1 amide bonds. The topological polar surface area (TPSA) is 45.6 Å². The molecule has 0 atom stereocenters. The molecule has 0 spiro atoms. The summed E-state index contributed by atoms with van der Waals surface area (Å²) in [5.41, 5.74) is 1.34. The van der Waals surface area contributed by atoms with E-state index in [1.54, 1.807) is 33.9 Å². The SMILES string of the molecule is CCn1ccc(C(=O)N(C)CC2CCN(CCc3cccc(F)c3)CC2)cc1=O. The Morgan fingerprint density at radius 1 is 1.21 bits per heavy atom. The molecule has 5 nitrogen and oxygen atoms in total. The van der Waals surface area contributed by atoms with E-state index in [4.69, 9.17) is 0 Å². The molecule has 0 radical (unpaired) electrons. The number of hydrogen-bond donors (Lipinski definition) is 0. The highest BCUT2D eigenvalue weighted by Gasteiger charge is 2.22. The highest BCUT2D eigenvalue weighted by atomic mass is 19.1. The molecular weight excluding hydrogens is 369 g/mol. The Hall–Kier alpha value is -2.47. The van der Waals surface area contributed by atoms with Crippen LogP contribution in [0, 0.1) is 11.7 Å². The molecule has 2 heterocycles. The Labute approximate surface area is 171 Å². The molecule has 0 aliphatic carbocycles. The van der Waals surface area contributed by atoms with Gasteiger partial charge >= 0.3 is 0 Å². The number of halogens is 1. The van der Waals surface area contributed by atoms with Crippen LogP contribution >= 0.6 is 0 Å². The van der Waals surface area contributed by atoms with Crippen molar-refractivity contribution in [3.63, 3.8) is 0 Å². The highest BCUT2D eigenvalue weighted by Crippen LogP contribution is 2.19. The van der Waals surface area contributed by atoms with Crippen molar-refractivity contribution in [3.8, 4) is 0 Å². The van der Waals surface area contributed by atoms with Gasteiger partial charge < -0.3 is 14.4 Å². The molecule has 1 aromatic carbocycles. The van der Waals surface area contributed by atoms with E-state index >= 15 is 0 Å². The van der Waals surface area contributed by atoms with Crippen LogP contribution in [-0.2, 0) is 13.0 Å². The zero-order chi connectivity index (χ0) is 20.8. The Morgan fingerprint density at radius 3 is 2.62 bits per heavy atom. The van der Waals surface area contributed by atoms with E-state index in [-0.39, 0.29) is 17.3 Å². The summed E-state index contributed by atoms with van der Waals surface area (Å²) in [7, 11) is 1.81. The fraction of sp³-hybridized carbons (Fsp3) is 0.478. The second-order valence-corrected chi connectivity index (χ2v) is 7.89. The largest absolute Gasteiger partial charge is 0.341 e. The fourth-order valence-corrected chi connectivity index (χ4v) is 3.96. The smallest absolute Gasteiger partial charge is 0.253 e. The molecule has 1 fully saturated rings. The van der Waals surface area contributed by atoms with E-state index in [0.717, 1.165) is 44.5 Å². The number of likely N-dealkylation sites (tertiary alicyclic amines) is 1. The lowest BCUT2D eigenvalue weighted by atomic mass is 9.95. The first kappa shape index (κ1) is 21.2. The summed E-state index contributed by atoms with van der Waals surface area (Å²) in [6.07, 6.45) is 4.61. The molecule has 3 rings (SSSR count). The van der Waals surface area contributed by atoms with Crippen molar-refractivity contribution >= 4 is 5.91 Å². The van der Waals surface area contributed by atoms with Crippen molar-refractivity contribution in [1.82, 2.24) is 14.4 Å². The maximum absolute atomic E-state index is 13.3. The average molecular weight is 400 g/mol. The predicted octanol–water partition coefficient (Wildman–Crippen LogP) is 3.03. The first-order valence-corrected chi connectivity index (χ1v) is 10.4. The quantitative estimate of drug-likeness (QED) is 0.719. The third-order valence-electron chi connectivity index (χ3n) is 5.78. The number of benzene rings is 1. The van der Waals surface area contributed by atoms with Crippen LogP contribution in [0.1, 0.15) is 35.7 Å². The van der Waals surface area contributed by atoms with Crippen LogP contribution < -0.4 is 5.56 Å². The number of rotatable bonds is 7. The Kier molecular flexibility index (Phi) is 7.20. The van der Waals surface area contributed by atoms with Crippen molar-refractivity contribution in [2.45, 2.75) is 32.7 Å². The van der Waals surface area contributed by atoms with Crippen LogP contribution in [0.2, 0.25) is 0 Å². The molecule has 0 saturated carbocycles. The molecule has 6 heteroatoms. The number of aryl methyl sites for hydroxylation is 1. The molecule has 0 bridgehead atoms. The summed E-state index contributed by atoms with van der Waals surface area (Å²) in [5.74, 6) is 0.185. The van der Waals surface area contributed by atoms with E-state index < -0.39 is 0 Å². The zero-order valence-corrected chi connectivity index (χ0v) is 17.3. The van der Waals surface area contributed by atoms with E-state index in [0.29, 0.717) is 24.6 Å². The standard InChI is InChI=1S/C23H30FN3O2/c1-3-27-14-10-20(16-22(27)28)23(29)25(2)17-19-8-12-26(13-9-19)11-7-18-5-4-6-21(24)15-18/h4-6,10,14-16,19H,3,7-9,11-13,17H2,1-2H3. The van der Waals surface area contributed by atoms with Gasteiger partial charge in [0.1, 0.15) is 5.82 Å². The molecule has 1 aromatic heterocycles. The third kappa shape index (κ3) is 5.76. The van der Waals surface area contributed by atoms with E-state index in [9.17, 15) is 14.0 Å². The number of carbonyl (C=O) groups excluding carboxylic acids is 1. The Morgan fingerprint density at radius 2 is 1.97 bits per heavy atom. The lowest BCUT2D eigenvalue weighted by molar-refractivity contribution is 0.0740. The number of piperidine rings is 1. The summed E-state index contributed by atoms with van der Waals surface area (Å²) in [5, 5.41) is 0. The molecule has 0 unspecified atom stereocenters. The fourth-order valence-electron chi connectivity index (χ4n) is 3.96. The molecule has 0 N–H and O–H groups in total. The minimum absolute atomic E-state index is 0.0983. The van der Waals surface area contributed by atoms with Gasteiger partial charge in [0.2, 0.25) is 0 Å². The first-order chi connectivity index (χ1) is 14.0. The molecule has 29 heavy (non-hydrogen) atoms. The van der Waals surface area contributed by atoms with Crippen LogP contribution in [-0.4, -0.2) is 53.5 Å². The number of nitrogens with zero attached hydrogens (tertiary/aromatic N) is 3. The second-order valence-electron chi connectivity index (χ2n) is 7.89. The van der Waals surface area contributed by atoms with Crippen molar-refractivity contribution in [3.05, 3.63) is 69.9 Å². The van der Waals surface area contributed by atoms with Crippen molar-refractivity contribution in [1.29, 1.82) is 0 Å². The maximum atomic E-state index is 13.3. The number of carbonyl (C=O) groups is 1. The average Bonchev–Trinajstić information content (AvgIpc) is 2.72. The number of amides is 1. The van der Waals surface area contributed by atoms with Crippen molar-refractivity contribution in [2.75, 3.05) is 33.2 Å². The molecule has 1 saturated heterocycles. The summed E-state index contributed by atoms with van der Waals surface area (Å²) in [4.78, 5) is 28.8. The van der Waals surface area contributed by atoms with E-state index in [1.165, 1.54) is 12.1 Å². The summed E-state index contributed by atoms with van der Waals surface area (Å²) in [6, 6.07) is 9.95. The number of hydrogen-bond acceptors (Lipinski definition) is 3. The van der Waals surface area contributed by atoms with Crippen LogP contribution in [0.3, 0.4) is 0 Å². The minimum atomic E-state index is -0.180. The lowest BCUT2D eigenvalue weighted by Gasteiger charge is -2.34. The highest BCUT2D eigenvalue weighted by molar-refractivity contribution is 5.93. The van der Waals surface area contributed by atoms with Gasteiger partial charge in [-0.05, 0) is 69.0 Å². The number of aromatic nitrogens is 1. The van der Waals surface area contributed by atoms with Crippen LogP contribution in [0.15, 0.2) is 47.4 Å². The molecule has 1 aliphatic heterocycles. The van der Waals surface area contributed by atoms with Gasteiger partial charge in [0.25, 0.3) is 11.5 Å². The summed E-state index contributed by atoms with van der Waals surface area (Å²) >= 11 is 0. The van der Waals surface area contributed by atoms with Crippen molar-refractivity contribution in [2.24, 2.45) is 5.92 Å². The molecule has 156 valence electrons. The number of pyridine rings is 1. The van der Waals surface area contributed by atoms with Gasteiger partial charge in [0, 0.05) is 44.5 Å². The predicted molar refractivity (Wildman–Crippen MR) is 113 cm³/mol. The molecular formula is C23H30FN3O2. The van der Waals surface area contributed by atoms with E-state index in [1.807, 2.05) is 20.0 Å². The summed E-state index contributed by atoms with van der Waals surface area (Å²) < 4.78 is 14.9. The van der Waals surface area contributed by atoms with Gasteiger partial charge in [0.05, 0.1) is 0 Å². The van der Waals surface area contributed by atoms with Crippen LogP contribution in [0.4, 0.5) is 4.39 Å². The maximum Gasteiger partial charge on any atom is 0.253 e. The molecule has 2 aromatic rings. The second kappa shape index (κ2) is 9.83. The zero-order valence-electron chi connectivity index (χ0n) is 17.3. The third-order valence-corrected chi connectivity index (χ3v) is 5.78. The monoisotopic (exact) mass is 399 g/mol. The van der Waals surface area contributed by atoms with Gasteiger partial charge in [-0.25, -0.2) is 4.39 Å². The van der Waals surface area contributed by atoms with Gasteiger partial charge in [0.15, 0.2) is 0 Å². The summed E-state index contributed by atoms with van der Waals surface area (Å²) in [6.45, 7) is 6.12. The Balaban J connectivity index is 1.45. The van der Waals surface area contributed by atoms with E-state index in [2.05, 4.69) is 4.90 Å². The minimum Gasteiger partial charge on any atom is -0.341 e. The van der Waals surface area contributed by atoms with Gasteiger partial charge in [-0.15, -0.1) is 0 Å². The van der Waals surface area contributed by atoms with Gasteiger partial charge in [-0.3, -0.25) is 9.59 Å². The normalized spacial score (nSPS) is 15.4. The van der Waals surface area contributed by atoms with Crippen LogP contribution in [0.5, 0.6) is 0 Å². The van der Waals surface area contributed by atoms with Gasteiger partial charge in [-0.1, -0.05) is 12.1 Å².